The van der Waals surface area contributed by atoms with Gasteiger partial charge < -0.3 is 19.9 Å². The standard InChI is InChI=1S/C26H25N3O6/c1-15(2)35-24(30)17-11-8-12-18(13-17)29-22(26(32)34-4)21(25(31)33-3)20(19(14-27)23(29)28)16-9-6-5-7-10-16/h5-13,15,20H,28H2,1-4H3. The van der Waals surface area contributed by atoms with Gasteiger partial charge in [-0.05, 0) is 37.6 Å². The summed E-state index contributed by atoms with van der Waals surface area (Å²) in [4.78, 5) is 39.9. The molecule has 0 saturated heterocycles. The van der Waals surface area contributed by atoms with Crippen molar-refractivity contribution in [3.05, 3.63) is 88.4 Å². The maximum Gasteiger partial charge on any atom is 0.355 e. The quantitative estimate of drug-likeness (QED) is 0.494. The molecule has 0 saturated carbocycles. The van der Waals surface area contributed by atoms with Crippen LogP contribution in [0.5, 0.6) is 0 Å². The monoisotopic (exact) mass is 475 g/mol. The van der Waals surface area contributed by atoms with Crippen molar-refractivity contribution in [1.29, 1.82) is 5.26 Å². The molecule has 1 atom stereocenters. The van der Waals surface area contributed by atoms with Crippen LogP contribution in [-0.4, -0.2) is 38.2 Å². The molecule has 2 aromatic carbocycles. The molecule has 35 heavy (non-hydrogen) atoms. The highest BCUT2D eigenvalue weighted by molar-refractivity contribution is 6.06. The third-order valence-electron chi connectivity index (χ3n) is 5.29. The van der Waals surface area contributed by atoms with E-state index in [1.165, 1.54) is 18.1 Å². The highest BCUT2D eigenvalue weighted by Crippen LogP contribution is 2.43. The van der Waals surface area contributed by atoms with Gasteiger partial charge in [-0.2, -0.15) is 5.26 Å². The Bertz CT molecular complexity index is 1260. The van der Waals surface area contributed by atoms with Crippen LogP contribution >= 0.6 is 0 Å². The molecule has 0 amide bonds. The van der Waals surface area contributed by atoms with E-state index in [1.54, 1.807) is 62.4 Å². The van der Waals surface area contributed by atoms with Crippen molar-refractivity contribution in [1.82, 2.24) is 0 Å². The maximum absolute atomic E-state index is 13.1. The molecule has 2 N–H and O–H groups in total. The van der Waals surface area contributed by atoms with Crippen molar-refractivity contribution >= 4 is 23.6 Å². The van der Waals surface area contributed by atoms with E-state index < -0.39 is 23.8 Å². The summed E-state index contributed by atoms with van der Waals surface area (Å²) in [5.74, 6) is -3.36. The predicted molar refractivity (Wildman–Crippen MR) is 127 cm³/mol. The Morgan fingerprint density at radius 1 is 0.971 bits per heavy atom. The molecule has 0 aliphatic carbocycles. The van der Waals surface area contributed by atoms with E-state index in [9.17, 15) is 19.6 Å². The summed E-state index contributed by atoms with van der Waals surface area (Å²) in [5, 5.41) is 10.1. The summed E-state index contributed by atoms with van der Waals surface area (Å²) in [7, 11) is 2.34. The van der Waals surface area contributed by atoms with Crippen LogP contribution in [0.15, 0.2) is 77.3 Å². The van der Waals surface area contributed by atoms with Crippen LogP contribution in [0.3, 0.4) is 0 Å². The van der Waals surface area contributed by atoms with Crippen LogP contribution in [0.1, 0.15) is 35.7 Å². The molecule has 180 valence electrons. The fourth-order valence-corrected chi connectivity index (χ4v) is 3.84. The van der Waals surface area contributed by atoms with Crippen molar-refractivity contribution in [3.63, 3.8) is 0 Å². The van der Waals surface area contributed by atoms with Crippen molar-refractivity contribution < 1.29 is 28.6 Å². The molecule has 0 spiro atoms. The Morgan fingerprint density at radius 2 is 1.63 bits per heavy atom. The second-order valence-corrected chi connectivity index (χ2v) is 7.84. The normalized spacial score (nSPS) is 15.5. The molecule has 1 heterocycles. The summed E-state index contributed by atoms with van der Waals surface area (Å²) in [6.07, 6.45) is -0.348. The number of anilines is 1. The van der Waals surface area contributed by atoms with Gasteiger partial charge in [0.2, 0.25) is 0 Å². The lowest BCUT2D eigenvalue weighted by molar-refractivity contribution is -0.139. The highest BCUT2D eigenvalue weighted by Gasteiger charge is 2.43. The van der Waals surface area contributed by atoms with E-state index in [-0.39, 0.29) is 40.0 Å². The van der Waals surface area contributed by atoms with Crippen LogP contribution in [0.25, 0.3) is 0 Å². The Kier molecular flexibility index (Phi) is 7.56. The van der Waals surface area contributed by atoms with Gasteiger partial charge in [-0.15, -0.1) is 0 Å². The minimum atomic E-state index is -0.979. The Morgan fingerprint density at radius 3 is 2.20 bits per heavy atom. The van der Waals surface area contributed by atoms with E-state index in [0.717, 1.165) is 7.11 Å². The lowest BCUT2D eigenvalue weighted by atomic mass is 9.81. The molecule has 0 bridgehead atoms. The molecule has 3 rings (SSSR count). The molecule has 1 aliphatic rings. The van der Waals surface area contributed by atoms with Crippen LogP contribution in [0.2, 0.25) is 0 Å². The van der Waals surface area contributed by atoms with Gasteiger partial charge >= 0.3 is 17.9 Å². The number of ether oxygens (including phenoxy) is 3. The first-order chi connectivity index (χ1) is 16.7. The highest BCUT2D eigenvalue weighted by atomic mass is 16.5. The molecular formula is C26H25N3O6. The number of methoxy groups -OCH3 is 2. The smallest absolute Gasteiger partial charge is 0.355 e. The number of rotatable bonds is 6. The fourth-order valence-electron chi connectivity index (χ4n) is 3.84. The van der Waals surface area contributed by atoms with Crippen molar-refractivity contribution in [2.24, 2.45) is 5.73 Å². The molecule has 1 aliphatic heterocycles. The van der Waals surface area contributed by atoms with Gasteiger partial charge in [0.15, 0.2) is 0 Å². The maximum atomic E-state index is 13.1. The zero-order valence-electron chi connectivity index (χ0n) is 19.8. The van der Waals surface area contributed by atoms with Crippen molar-refractivity contribution in [3.8, 4) is 6.07 Å². The number of allylic oxidation sites excluding steroid dienone is 1. The Labute approximate surface area is 203 Å². The number of nitrogens with two attached hydrogens (primary N) is 1. The number of nitrogens with zero attached hydrogens (tertiary/aromatic N) is 2. The van der Waals surface area contributed by atoms with Crippen LogP contribution in [-0.2, 0) is 23.8 Å². The van der Waals surface area contributed by atoms with Gasteiger partial charge in [0.25, 0.3) is 0 Å². The molecule has 2 aromatic rings. The lowest BCUT2D eigenvalue weighted by Gasteiger charge is -2.36. The molecule has 0 fully saturated rings. The summed E-state index contributed by atoms with van der Waals surface area (Å²) in [5.41, 5.74) is 7.15. The zero-order valence-corrected chi connectivity index (χ0v) is 19.8. The molecule has 9 nitrogen and oxygen atoms in total. The van der Waals surface area contributed by atoms with Crippen molar-refractivity contribution in [2.45, 2.75) is 25.9 Å². The van der Waals surface area contributed by atoms with Gasteiger partial charge in [-0.25, -0.2) is 14.4 Å². The first-order valence-corrected chi connectivity index (χ1v) is 10.7. The summed E-state index contributed by atoms with van der Waals surface area (Å²) < 4.78 is 15.3. The average Bonchev–Trinajstić information content (AvgIpc) is 2.87. The number of benzene rings is 2. The topological polar surface area (TPSA) is 132 Å². The van der Waals surface area contributed by atoms with E-state index in [1.807, 2.05) is 0 Å². The van der Waals surface area contributed by atoms with Gasteiger partial charge in [-0.3, -0.25) is 4.90 Å². The molecular weight excluding hydrogens is 450 g/mol. The number of carbonyl (C=O) groups excluding carboxylic acids is 3. The fraction of sp³-hybridized carbons (Fsp3) is 0.231. The third kappa shape index (κ3) is 4.87. The predicted octanol–water partition coefficient (Wildman–Crippen LogP) is 3.15. The second-order valence-electron chi connectivity index (χ2n) is 7.84. The minimum absolute atomic E-state index is 0.0272. The van der Waals surface area contributed by atoms with Gasteiger partial charge in [0.1, 0.15) is 11.5 Å². The van der Waals surface area contributed by atoms with Crippen LogP contribution in [0, 0.1) is 11.3 Å². The molecule has 0 radical (unpaired) electrons. The van der Waals surface area contributed by atoms with Crippen LogP contribution in [0.4, 0.5) is 5.69 Å². The first-order valence-electron chi connectivity index (χ1n) is 10.7. The van der Waals surface area contributed by atoms with Gasteiger partial charge in [-0.1, -0.05) is 36.4 Å². The van der Waals surface area contributed by atoms with Crippen molar-refractivity contribution in [2.75, 3.05) is 19.1 Å². The minimum Gasteiger partial charge on any atom is -0.466 e. The molecule has 1 unspecified atom stereocenters. The number of esters is 3. The first kappa shape index (κ1) is 25.1. The van der Waals surface area contributed by atoms with E-state index in [0.29, 0.717) is 5.56 Å². The van der Waals surface area contributed by atoms with Crippen LogP contribution < -0.4 is 10.6 Å². The van der Waals surface area contributed by atoms with E-state index >= 15 is 0 Å². The number of hydrogen-bond donors (Lipinski definition) is 1. The number of nitriles is 1. The Balaban J connectivity index is 2.33. The number of carbonyl (C=O) groups is 3. The van der Waals surface area contributed by atoms with Gasteiger partial charge in [0.05, 0.1) is 49.0 Å². The largest absolute Gasteiger partial charge is 0.466 e. The SMILES string of the molecule is COC(=O)C1=C(C(=O)OC)N(c2cccc(C(=O)OC(C)C)c2)C(N)=C(C#N)C1c1ccccc1. The van der Waals surface area contributed by atoms with E-state index in [4.69, 9.17) is 19.9 Å². The average molecular weight is 476 g/mol. The molecule has 0 aromatic heterocycles. The lowest BCUT2D eigenvalue weighted by Crippen LogP contribution is -2.40. The van der Waals surface area contributed by atoms with E-state index in [2.05, 4.69) is 6.07 Å². The summed E-state index contributed by atoms with van der Waals surface area (Å²) in [6.45, 7) is 3.44. The van der Waals surface area contributed by atoms with Gasteiger partial charge in [0, 0.05) is 5.69 Å². The Hall–Kier alpha value is -4.58. The zero-order chi connectivity index (χ0) is 25.7. The third-order valence-corrected chi connectivity index (χ3v) is 5.29. The summed E-state index contributed by atoms with van der Waals surface area (Å²) >= 11 is 0. The summed E-state index contributed by atoms with van der Waals surface area (Å²) in [6, 6.07) is 16.9. The number of hydrogen-bond acceptors (Lipinski definition) is 9. The second kappa shape index (κ2) is 10.6. The molecule has 9 heteroatoms.